The molecule has 0 spiro atoms. The Balaban J connectivity index is 1.78. The van der Waals surface area contributed by atoms with Crippen molar-refractivity contribution in [1.82, 2.24) is 14.7 Å². The lowest BCUT2D eigenvalue weighted by Gasteiger charge is -2.25. The van der Waals surface area contributed by atoms with E-state index in [1.807, 2.05) is 47.9 Å². The van der Waals surface area contributed by atoms with Crippen molar-refractivity contribution in [3.63, 3.8) is 0 Å². The first-order valence-electron chi connectivity index (χ1n) is 10.1. The van der Waals surface area contributed by atoms with E-state index in [1.54, 1.807) is 0 Å². The molecule has 6 heteroatoms. The van der Waals surface area contributed by atoms with Gasteiger partial charge in [-0.05, 0) is 44.4 Å². The molecule has 0 unspecified atom stereocenters. The zero-order valence-corrected chi connectivity index (χ0v) is 16.9. The summed E-state index contributed by atoms with van der Waals surface area (Å²) in [5, 5.41) is 0. The van der Waals surface area contributed by atoms with E-state index < -0.39 is 0 Å². The maximum Gasteiger partial charge on any atom is 0.260 e. The topological polar surface area (TPSA) is 53.1 Å². The minimum atomic E-state index is 0.00601. The number of benzene rings is 1. The molecule has 1 fully saturated rings. The first-order valence-corrected chi connectivity index (χ1v) is 10.1. The SMILES string of the molecule is CCc1ccc(OCC(=O)N2CCCN(CC(=O)N(CC)CC)CC2)cc1. The zero-order chi connectivity index (χ0) is 19.6. The molecule has 0 radical (unpaired) electrons. The molecular weight excluding hydrogens is 342 g/mol. The Morgan fingerprint density at radius 1 is 1.00 bits per heavy atom. The molecule has 2 amide bonds. The van der Waals surface area contributed by atoms with Crippen LogP contribution in [0.15, 0.2) is 24.3 Å². The van der Waals surface area contributed by atoms with Gasteiger partial charge in [-0.3, -0.25) is 14.5 Å². The number of nitrogens with zero attached hydrogens (tertiary/aromatic N) is 3. The summed E-state index contributed by atoms with van der Waals surface area (Å²) in [6.07, 6.45) is 1.86. The number of hydrogen-bond donors (Lipinski definition) is 0. The van der Waals surface area contributed by atoms with Crippen LogP contribution < -0.4 is 4.74 Å². The number of likely N-dealkylation sites (N-methyl/N-ethyl adjacent to an activating group) is 1. The van der Waals surface area contributed by atoms with Crippen molar-refractivity contribution in [2.45, 2.75) is 33.6 Å². The van der Waals surface area contributed by atoms with Gasteiger partial charge in [0, 0.05) is 39.3 Å². The first-order chi connectivity index (χ1) is 13.1. The van der Waals surface area contributed by atoms with Crippen LogP contribution in [0.1, 0.15) is 32.8 Å². The molecule has 0 aliphatic carbocycles. The van der Waals surface area contributed by atoms with Gasteiger partial charge in [-0.2, -0.15) is 0 Å². The largest absolute Gasteiger partial charge is 0.484 e. The highest BCUT2D eigenvalue weighted by Crippen LogP contribution is 2.13. The number of amides is 2. The molecule has 1 aromatic rings. The van der Waals surface area contributed by atoms with E-state index >= 15 is 0 Å². The van der Waals surface area contributed by atoms with Gasteiger partial charge in [0.1, 0.15) is 5.75 Å². The summed E-state index contributed by atoms with van der Waals surface area (Å²) in [6, 6.07) is 7.87. The molecule has 0 saturated carbocycles. The van der Waals surface area contributed by atoms with Gasteiger partial charge in [0.2, 0.25) is 5.91 Å². The summed E-state index contributed by atoms with van der Waals surface area (Å²) in [4.78, 5) is 30.6. The summed E-state index contributed by atoms with van der Waals surface area (Å²) < 4.78 is 5.65. The fourth-order valence-electron chi connectivity index (χ4n) is 3.30. The molecule has 2 rings (SSSR count). The highest BCUT2D eigenvalue weighted by molar-refractivity contribution is 5.78. The van der Waals surface area contributed by atoms with E-state index in [9.17, 15) is 9.59 Å². The summed E-state index contributed by atoms with van der Waals surface area (Å²) in [5.41, 5.74) is 1.25. The Labute approximate surface area is 163 Å². The van der Waals surface area contributed by atoms with E-state index in [2.05, 4.69) is 11.8 Å². The third-order valence-corrected chi connectivity index (χ3v) is 5.11. The average molecular weight is 376 g/mol. The summed E-state index contributed by atoms with van der Waals surface area (Å²) in [6.45, 7) is 11.0. The number of hydrogen-bond acceptors (Lipinski definition) is 4. The van der Waals surface area contributed by atoms with Crippen LogP contribution in [0.4, 0.5) is 0 Å². The van der Waals surface area contributed by atoms with Crippen LogP contribution in [0.25, 0.3) is 0 Å². The highest BCUT2D eigenvalue weighted by atomic mass is 16.5. The molecule has 0 N–H and O–H groups in total. The van der Waals surface area contributed by atoms with Gasteiger partial charge in [0.15, 0.2) is 6.61 Å². The van der Waals surface area contributed by atoms with E-state index in [1.165, 1.54) is 5.56 Å². The van der Waals surface area contributed by atoms with Crippen LogP contribution in [0, 0.1) is 0 Å². The molecule has 150 valence electrons. The summed E-state index contributed by atoms with van der Waals surface area (Å²) in [5.74, 6) is 0.895. The van der Waals surface area contributed by atoms with Crippen LogP contribution in [0.2, 0.25) is 0 Å². The first kappa shape index (κ1) is 21.2. The molecule has 6 nitrogen and oxygen atoms in total. The monoisotopic (exact) mass is 375 g/mol. The van der Waals surface area contributed by atoms with E-state index in [4.69, 9.17) is 4.74 Å². The number of rotatable bonds is 8. The lowest BCUT2D eigenvalue weighted by Crippen LogP contribution is -2.42. The molecule has 1 aliphatic rings. The van der Waals surface area contributed by atoms with Crippen LogP contribution in [-0.4, -0.2) is 78.9 Å². The van der Waals surface area contributed by atoms with Crippen molar-refractivity contribution in [2.75, 3.05) is 52.4 Å². The summed E-state index contributed by atoms with van der Waals surface area (Å²) >= 11 is 0. The van der Waals surface area contributed by atoms with Crippen molar-refractivity contribution < 1.29 is 14.3 Å². The molecule has 0 atom stereocenters. The van der Waals surface area contributed by atoms with Crippen LogP contribution >= 0.6 is 0 Å². The molecule has 1 heterocycles. The molecule has 1 aliphatic heterocycles. The lowest BCUT2D eigenvalue weighted by molar-refractivity contribution is -0.133. The normalized spacial score (nSPS) is 15.3. The van der Waals surface area contributed by atoms with Crippen molar-refractivity contribution in [3.8, 4) is 5.75 Å². The second-order valence-electron chi connectivity index (χ2n) is 6.86. The maximum atomic E-state index is 12.5. The Hall–Kier alpha value is -2.08. The molecular formula is C21H33N3O3. The molecule has 0 aromatic heterocycles. The fraction of sp³-hybridized carbons (Fsp3) is 0.619. The second-order valence-corrected chi connectivity index (χ2v) is 6.86. The number of carbonyl (C=O) groups is 2. The third kappa shape index (κ3) is 6.54. The molecule has 1 aromatic carbocycles. The van der Waals surface area contributed by atoms with E-state index in [-0.39, 0.29) is 18.4 Å². The average Bonchev–Trinajstić information content (AvgIpc) is 2.93. The van der Waals surface area contributed by atoms with Crippen LogP contribution in [-0.2, 0) is 16.0 Å². The van der Waals surface area contributed by atoms with Crippen LogP contribution in [0.5, 0.6) is 5.75 Å². The molecule has 1 saturated heterocycles. The van der Waals surface area contributed by atoms with Gasteiger partial charge in [-0.1, -0.05) is 19.1 Å². The van der Waals surface area contributed by atoms with Crippen molar-refractivity contribution >= 4 is 11.8 Å². The van der Waals surface area contributed by atoms with Crippen LogP contribution in [0.3, 0.4) is 0 Å². The quantitative estimate of drug-likeness (QED) is 0.698. The van der Waals surface area contributed by atoms with Crippen molar-refractivity contribution in [1.29, 1.82) is 0 Å². The third-order valence-electron chi connectivity index (χ3n) is 5.11. The minimum absolute atomic E-state index is 0.00601. The van der Waals surface area contributed by atoms with Gasteiger partial charge in [0.05, 0.1) is 6.54 Å². The number of carbonyl (C=O) groups excluding carboxylic acids is 2. The summed E-state index contributed by atoms with van der Waals surface area (Å²) in [7, 11) is 0. The predicted molar refractivity (Wildman–Crippen MR) is 107 cm³/mol. The smallest absolute Gasteiger partial charge is 0.260 e. The van der Waals surface area contributed by atoms with Crippen molar-refractivity contribution in [3.05, 3.63) is 29.8 Å². The maximum absolute atomic E-state index is 12.5. The standard InChI is InChI=1S/C21H33N3O3/c1-4-18-8-10-19(11-9-18)27-17-21(26)24-13-7-12-22(14-15-24)16-20(25)23(5-2)6-3/h8-11H,4-7,12-17H2,1-3H3. The minimum Gasteiger partial charge on any atom is -0.484 e. The Bertz CT molecular complexity index is 599. The molecule has 0 bridgehead atoms. The lowest BCUT2D eigenvalue weighted by atomic mass is 10.2. The van der Waals surface area contributed by atoms with Gasteiger partial charge in [0.25, 0.3) is 5.91 Å². The van der Waals surface area contributed by atoms with Gasteiger partial charge in [-0.25, -0.2) is 0 Å². The number of aryl methyl sites for hydroxylation is 1. The fourth-order valence-corrected chi connectivity index (χ4v) is 3.30. The number of ether oxygens (including phenoxy) is 1. The highest BCUT2D eigenvalue weighted by Gasteiger charge is 2.22. The van der Waals surface area contributed by atoms with Gasteiger partial charge >= 0.3 is 0 Å². The Morgan fingerprint density at radius 2 is 1.70 bits per heavy atom. The van der Waals surface area contributed by atoms with Crippen molar-refractivity contribution in [2.24, 2.45) is 0 Å². The van der Waals surface area contributed by atoms with Gasteiger partial charge in [-0.15, -0.1) is 0 Å². The molecule has 27 heavy (non-hydrogen) atoms. The Morgan fingerprint density at radius 3 is 2.33 bits per heavy atom. The predicted octanol–water partition coefficient (Wildman–Crippen LogP) is 2.03. The van der Waals surface area contributed by atoms with E-state index in [0.29, 0.717) is 19.6 Å². The second kappa shape index (κ2) is 10.9. The van der Waals surface area contributed by atoms with Gasteiger partial charge < -0.3 is 14.5 Å². The zero-order valence-electron chi connectivity index (χ0n) is 16.9. The van der Waals surface area contributed by atoms with E-state index in [0.717, 1.165) is 44.8 Å². The Kier molecular flexibility index (Phi) is 8.58.